The summed E-state index contributed by atoms with van der Waals surface area (Å²) >= 11 is 0. The molecule has 0 bridgehead atoms. The second-order valence-electron chi connectivity index (χ2n) is 8.67. The van der Waals surface area contributed by atoms with Gasteiger partial charge in [-0.2, -0.15) is 0 Å². The normalized spacial score (nSPS) is 22.2. The number of esters is 2. The Balaban J connectivity index is 1.81. The van der Waals surface area contributed by atoms with Crippen LogP contribution in [0.3, 0.4) is 0 Å². The van der Waals surface area contributed by atoms with Crippen molar-refractivity contribution in [2.75, 3.05) is 7.11 Å². The minimum Gasteiger partial charge on any atom is -0.493 e. The van der Waals surface area contributed by atoms with E-state index < -0.39 is 54.9 Å². The second kappa shape index (κ2) is 13.0. The highest BCUT2D eigenvalue weighted by Crippen LogP contribution is 2.32. The number of ether oxygens (including phenoxy) is 4. The van der Waals surface area contributed by atoms with E-state index in [1.807, 2.05) is 0 Å². The third-order valence-corrected chi connectivity index (χ3v) is 5.93. The van der Waals surface area contributed by atoms with Crippen LogP contribution in [0.4, 0.5) is 8.78 Å². The lowest BCUT2D eigenvalue weighted by Crippen LogP contribution is -2.45. The van der Waals surface area contributed by atoms with Crippen molar-refractivity contribution in [2.24, 2.45) is 5.92 Å². The number of alkyl halides is 2. The van der Waals surface area contributed by atoms with E-state index in [4.69, 9.17) is 18.9 Å². The highest BCUT2D eigenvalue weighted by molar-refractivity contribution is 5.98. The number of halogens is 2. The minimum atomic E-state index is -2.56. The first kappa shape index (κ1) is 27.8. The van der Waals surface area contributed by atoms with Gasteiger partial charge in [-0.05, 0) is 31.9 Å². The summed E-state index contributed by atoms with van der Waals surface area (Å²) < 4.78 is 48.7. The van der Waals surface area contributed by atoms with E-state index >= 15 is 0 Å². The molecule has 11 heteroatoms. The molecule has 200 valence electrons. The van der Waals surface area contributed by atoms with Gasteiger partial charge in [0.15, 0.2) is 11.4 Å². The molecule has 0 saturated carbocycles. The second-order valence-corrected chi connectivity index (χ2v) is 8.67. The lowest BCUT2D eigenvalue weighted by molar-refractivity contribution is -0.156. The van der Waals surface area contributed by atoms with Gasteiger partial charge in [0.1, 0.15) is 24.0 Å². The van der Waals surface area contributed by atoms with Crippen LogP contribution in [0.2, 0.25) is 0 Å². The van der Waals surface area contributed by atoms with E-state index in [2.05, 4.69) is 10.3 Å². The van der Waals surface area contributed by atoms with Crippen LogP contribution in [-0.2, 0) is 14.3 Å². The monoisotopic (exact) mass is 520 g/mol. The van der Waals surface area contributed by atoms with Crippen molar-refractivity contribution < 1.29 is 42.1 Å². The van der Waals surface area contributed by atoms with E-state index in [0.29, 0.717) is 18.6 Å². The van der Waals surface area contributed by atoms with Gasteiger partial charge in [0.05, 0.1) is 7.11 Å². The van der Waals surface area contributed by atoms with Crippen LogP contribution in [-0.4, -0.2) is 54.6 Å². The molecule has 1 aromatic heterocycles. The molecule has 1 fully saturated rings. The van der Waals surface area contributed by atoms with Crippen molar-refractivity contribution >= 4 is 17.8 Å². The summed E-state index contributed by atoms with van der Waals surface area (Å²) in [5.74, 6) is -2.41. The fourth-order valence-corrected chi connectivity index (χ4v) is 4.26. The first-order valence-electron chi connectivity index (χ1n) is 11.9. The minimum absolute atomic E-state index is 0.108. The highest BCUT2D eigenvalue weighted by Gasteiger charge is 2.37. The number of amides is 1. The summed E-state index contributed by atoms with van der Waals surface area (Å²) in [6.45, 7) is 2.74. The van der Waals surface area contributed by atoms with Crippen molar-refractivity contribution in [1.29, 1.82) is 0 Å². The fraction of sp³-hybridized carbons (Fsp3) is 0.462. The Bertz CT molecular complexity index is 1080. The molecule has 9 nitrogen and oxygen atoms in total. The molecule has 0 spiro atoms. The van der Waals surface area contributed by atoms with Crippen LogP contribution in [0.1, 0.15) is 50.0 Å². The molecule has 0 radical (unpaired) electrons. The van der Waals surface area contributed by atoms with E-state index in [1.165, 1.54) is 19.4 Å². The van der Waals surface area contributed by atoms with E-state index in [9.17, 15) is 23.2 Å². The van der Waals surface area contributed by atoms with Gasteiger partial charge in [-0.25, -0.2) is 18.6 Å². The Kier molecular flexibility index (Phi) is 9.76. The molecule has 1 saturated heterocycles. The maximum Gasteiger partial charge on any atom is 0.329 e. The van der Waals surface area contributed by atoms with Crippen LogP contribution in [0.15, 0.2) is 42.6 Å². The van der Waals surface area contributed by atoms with E-state index in [0.717, 1.165) is 6.92 Å². The maximum absolute atomic E-state index is 13.4. The van der Waals surface area contributed by atoms with E-state index in [1.54, 1.807) is 37.3 Å². The van der Waals surface area contributed by atoms with Crippen molar-refractivity contribution in [3.05, 3.63) is 48.3 Å². The number of aromatic nitrogens is 1. The predicted molar refractivity (Wildman–Crippen MR) is 128 cm³/mol. The highest BCUT2D eigenvalue weighted by atomic mass is 19.3. The van der Waals surface area contributed by atoms with Gasteiger partial charge < -0.3 is 24.3 Å². The number of carbonyl (C=O) groups is 3. The molecule has 1 aliphatic rings. The molecule has 4 atom stereocenters. The molecule has 1 amide bonds. The van der Waals surface area contributed by atoms with Gasteiger partial charge in [-0.3, -0.25) is 9.59 Å². The fourth-order valence-electron chi connectivity index (χ4n) is 4.26. The predicted octanol–water partition coefficient (Wildman–Crippen LogP) is 3.95. The number of para-hydroxylation sites is 1. The summed E-state index contributed by atoms with van der Waals surface area (Å²) in [4.78, 5) is 41.6. The van der Waals surface area contributed by atoms with Gasteiger partial charge in [0, 0.05) is 31.5 Å². The Morgan fingerprint density at radius 2 is 1.92 bits per heavy atom. The van der Waals surface area contributed by atoms with Crippen molar-refractivity contribution in [3.8, 4) is 17.2 Å². The number of hydrogen-bond acceptors (Lipinski definition) is 8. The number of pyridine rings is 1. The molecular formula is C26H30F2N2O7. The van der Waals surface area contributed by atoms with Crippen molar-refractivity contribution in [2.45, 2.75) is 64.2 Å². The van der Waals surface area contributed by atoms with Crippen molar-refractivity contribution in [3.63, 3.8) is 0 Å². The van der Waals surface area contributed by atoms with Crippen LogP contribution in [0.5, 0.6) is 17.2 Å². The molecule has 1 aliphatic heterocycles. The largest absolute Gasteiger partial charge is 0.493 e. The quantitative estimate of drug-likeness (QED) is 0.521. The third-order valence-electron chi connectivity index (χ3n) is 5.93. The van der Waals surface area contributed by atoms with Gasteiger partial charge in [0.25, 0.3) is 5.91 Å². The topological polar surface area (TPSA) is 113 Å². The number of nitrogens with one attached hydrogen (secondary N) is 1. The average molecular weight is 521 g/mol. The zero-order chi connectivity index (χ0) is 26.9. The van der Waals surface area contributed by atoms with Crippen LogP contribution in [0.25, 0.3) is 0 Å². The van der Waals surface area contributed by atoms with Crippen molar-refractivity contribution in [1.82, 2.24) is 10.3 Å². The summed E-state index contributed by atoms with van der Waals surface area (Å²) in [6, 6.07) is 9.04. The number of nitrogens with zero attached hydrogens (tertiary/aromatic N) is 1. The molecule has 37 heavy (non-hydrogen) atoms. The Labute approximate surface area is 213 Å². The Hall–Kier alpha value is -3.76. The van der Waals surface area contributed by atoms with Gasteiger partial charge in [0.2, 0.25) is 12.2 Å². The van der Waals surface area contributed by atoms with Gasteiger partial charge in [-0.1, -0.05) is 24.6 Å². The summed E-state index contributed by atoms with van der Waals surface area (Å²) in [6.07, 6.45) is -2.56. The van der Waals surface area contributed by atoms with Gasteiger partial charge in [-0.15, -0.1) is 0 Å². The number of methoxy groups -OCH3 is 1. The Morgan fingerprint density at radius 3 is 2.57 bits per heavy atom. The molecule has 3 rings (SSSR count). The standard InChI is InChI=1S/C26H30F2N2O7/c1-15-23(37-18-9-5-4-6-10-18)17(14-21(27)28)8-7-11-19(26(33)35-15)30-25(32)22-24(36-16(2)31)20(34-3)12-13-29-22/h4-6,9-10,12-13,15,17,19,21,23H,7-8,11,14H2,1-3H3,(H,30,32)/t15-,17+,19-,23-/m0/s1. The number of carbonyl (C=O) groups excluding carboxylic acids is 3. The first-order chi connectivity index (χ1) is 17.7. The zero-order valence-electron chi connectivity index (χ0n) is 20.8. The number of cyclic esters (lactones) is 1. The van der Waals surface area contributed by atoms with Gasteiger partial charge >= 0.3 is 11.9 Å². The molecule has 1 N–H and O–H groups in total. The lowest BCUT2D eigenvalue weighted by Gasteiger charge is -2.31. The molecule has 1 aromatic carbocycles. The lowest BCUT2D eigenvalue weighted by atomic mass is 9.89. The van der Waals surface area contributed by atoms with Crippen LogP contribution < -0.4 is 19.5 Å². The van der Waals surface area contributed by atoms with Crippen LogP contribution >= 0.6 is 0 Å². The SMILES string of the molecule is COc1ccnc(C(=O)N[C@H]2CCC[C@H](CC(F)F)[C@@H](Oc3ccccc3)[C@H](C)OC2=O)c1OC(C)=O. The zero-order valence-corrected chi connectivity index (χ0v) is 20.8. The number of rotatable bonds is 8. The molecular weight excluding hydrogens is 490 g/mol. The summed E-state index contributed by atoms with van der Waals surface area (Å²) in [7, 11) is 1.34. The first-order valence-corrected chi connectivity index (χ1v) is 11.9. The number of hydrogen-bond donors (Lipinski definition) is 1. The average Bonchev–Trinajstić information content (AvgIpc) is 2.90. The molecule has 2 heterocycles. The molecule has 2 aromatic rings. The summed E-state index contributed by atoms with van der Waals surface area (Å²) in [5, 5.41) is 2.57. The number of benzene rings is 1. The molecule has 0 aliphatic carbocycles. The third kappa shape index (κ3) is 7.61. The maximum atomic E-state index is 13.4. The van der Waals surface area contributed by atoms with E-state index in [-0.39, 0.29) is 23.6 Å². The smallest absolute Gasteiger partial charge is 0.329 e. The van der Waals surface area contributed by atoms with Crippen LogP contribution in [0, 0.1) is 5.92 Å². The Morgan fingerprint density at radius 1 is 1.19 bits per heavy atom. The summed E-state index contributed by atoms with van der Waals surface area (Å²) in [5.41, 5.74) is -0.254. The molecule has 0 unspecified atom stereocenters.